The lowest BCUT2D eigenvalue weighted by Crippen LogP contribution is -2.09. The smallest absolute Gasteiger partial charge is 0.372 e. The van der Waals surface area contributed by atoms with Gasteiger partial charge in [0, 0.05) is 6.42 Å². The number of rotatable bonds is 2. The number of ketones is 1. The summed E-state index contributed by atoms with van der Waals surface area (Å²) < 4.78 is 0. The summed E-state index contributed by atoms with van der Waals surface area (Å²) >= 11 is 0. The molecular weight excluding hydrogens is 98.0 g/mol. The quantitative estimate of drug-likeness (QED) is 0.397. The highest BCUT2D eigenvalue weighted by Gasteiger charge is 2.05. The van der Waals surface area contributed by atoms with Crippen LogP contribution in [0.2, 0.25) is 0 Å². The molecule has 0 saturated carbocycles. The first kappa shape index (κ1) is 6.14. The minimum atomic E-state index is -1.34. The molecule has 1 N–H and O–H groups in total. The van der Waals surface area contributed by atoms with Crippen LogP contribution in [0.15, 0.2) is 0 Å². The first-order valence-corrected chi connectivity index (χ1v) is 1.94. The lowest BCUT2D eigenvalue weighted by Gasteiger charge is -1.80. The van der Waals surface area contributed by atoms with E-state index in [-0.39, 0.29) is 6.42 Å². The van der Waals surface area contributed by atoms with Crippen molar-refractivity contribution in [2.45, 2.75) is 13.3 Å². The fourth-order valence-corrected chi connectivity index (χ4v) is 0.151. The van der Waals surface area contributed by atoms with Gasteiger partial charge in [0.05, 0.1) is 0 Å². The van der Waals surface area contributed by atoms with Crippen LogP contribution in [0.3, 0.4) is 0 Å². The Morgan fingerprint density at radius 2 is 2.00 bits per heavy atom. The highest BCUT2D eigenvalue weighted by molar-refractivity contribution is 6.32. The molecular formula is C4H6O3. The molecule has 0 aliphatic carbocycles. The first-order valence-electron chi connectivity index (χ1n) is 1.94. The number of carbonyl (C=O) groups is 2. The Kier molecular flexibility index (Phi) is 2.05. The minimum absolute atomic E-state index is 0.0787. The highest BCUT2D eigenvalue weighted by Crippen LogP contribution is 1.76. The third kappa shape index (κ3) is 1.92. The van der Waals surface area contributed by atoms with Crippen molar-refractivity contribution in [3.05, 3.63) is 0 Å². The fraction of sp³-hybridized carbons (Fsp3) is 0.500. The summed E-state index contributed by atoms with van der Waals surface area (Å²) in [6.45, 7) is 1.51. The van der Waals surface area contributed by atoms with Gasteiger partial charge in [-0.05, 0) is 0 Å². The van der Waals surface area contributed by atoms with Gasteiger partial charge in [0.25, 0.3) is 0 Å². The highest BCUT2D eigenvalue weighted by atomic mass is 16.4. The maximum Gasteiger partial charge on any atom is 0.372 e. The molecule has 0 fully saturated rings. The van der Waals surface area contributed by atoms with Gasteiger partial charge in [0.2, 0.25) is 5.78 Å². The van der Waals surface area contributed by atoms with Gasteiger partial charge < -0.3 is 5.11 Å². The van der Waals surface area contributed by atoms with Gasteiger partial charge >= 0.3 is 5.97 Å². The van der Waals surface area contributed by atoms with E-state index in [1.54, 1.807) is 0 Å². The Labute approximate surface area is 41.0 Å². The van der Waals surface area contributed by atoms with Crippen LogP contribution in [0.1, 0.15) is 13.3 Å². The molecule has 7 heavy (non-hydrogen) atoms. The summed E-state index contributed by atoms with van der Waals surface area (Å²) in [6.07, 6.45) is 0.0787. The molecule has 0 bridgehead atoms. The van der Waals surface area contributed by atoms with Gasteiger partial charge in [0.1, 0.15) is 0 Å². The van der Waals surface area contributed by atoms with Crippen molar-refractivity contribution in [3.8, 4) is 0 Å². The van der Waals surface area contributed by atoms with Gasteiger partial charge in [0.15, 0.2) is 0 Å². The molecule has 0 atom stereocenters. The molecule has 3 heteroatoms. The monoisotopic (exact) mass is 104 g/mol. The van der Waals surface area contributed by atoms with Gasteiger partial charge in [-0.3, -0.25) is 4.79 Å². The number of aliphatic carboxylic acids is 1. The van der Waals surface area contributed by atoms with Gasteiger partial charge in [-0.2, -0.15) is 0 Å². The molecule has 0 heterocycles. The number of hydrogen-bond acceptors (Lipinski definition) is 2. The summed E-state index contributed by atoms with van der Waals surface area (Å²) in [6, 6.07) is 0. The predicted molar refractivity (Wildman–Crippen MR) is 22.9 cm³/mol. The Balaban J connectivity index is 3.58. The fourth-order valence-electron chi connectivity index (χ4n) is 0.151. The van der Waals surface area contributed by atoms with Gasteiger partial charge in [-0.1, -0.05) is 6.92 Å². The zero-order chi connectivity index (χ0) is 5.86. The van der Waals surface area contributed by atoms with Crippen molar-refractivity contribution in [2.24, 2.45) is 0 Å². The van der Waals surface area contributed by atoms with E-state index in [4.69, 9.17) is 5.11 Å². The van der Waals surface area contributed by atoms with Crippen LogP contribution in [0, 0.1) is 0 Å². The molecule has 0 unspecified atom stereocenters. The van der Waals surface area contributed by atoms with Gasteiger partial charge in [-0.25, -0.2) is 4.79 Å². The summed E-state index contributed by atoms with van der Waals surface area (Å²) in [7, 11) is 0. The molecule has 0 aromatic rings. The molecule has 0 aromatic carbocycles. The third-order valence-electron chi connectivity index (χ3n) is 0.560. The van der Waals surface area contributed by atoms with Crippen LogP contribution >= 0.6 is 0 Å². The molecule has 3 nitrogen and oxygen atoms in total. The molecule has 0 saturated heterocycles. The van der Waals surface area contributed by atoms with Crippen molar-refractivity contribution in [2.75, 3.05) is 0 Å². The lowest BCUT2D eigenvalue weighted by atomic mass is 10.6. The molecule has 0 amide bonds. The molecule has 0 rings (SSSR count). The minimum Gasteiger partial charge on any atom is -0.476 e. The summed E-state index contributed by atoms with van der Waals surface area (Å²) in [5.41, 5.74) is 0. The average molecular weight is 104 g/mol. The van der Waals surface area contributed by atoms with Crippen molar-refractivity contribution >= 4 is 11.8 Å². The van der Waals surface area contributed by atoms with E-state index in [9.17, 15) is 9.59 Å². The molecule has 0 spiro atoms. The molecule has 0 radical (unpaired) electrons. The maximum atomic E-state index is 9.91. The van der Waals surface area contributed by atoms with Gasteiger partial charge in [-0.15, -0.1) is 0 Å². The van der Waals surface area contributed by atoms with Crippen molar-refractivity contribution in [1.82, 2.24) is 0 Å². The van der Waals surface area contributed by atoms with Crippen LogP contribution < -0.4 is 0 Å². The second kappa shape index (κ2) is 2.34. The van der Waals surface area contributed by atoms with Crippen molar-refractivity contribution < 1.29 is 14.7 Å². The lowest BCUT2D eigenvalue weighted by molar-refractivity contribution is -0.148. The SMILES string of the molecule is [13CH3][13CH2]C(=O)C(=O)O. The zero-order valence-electron chi connectivity index (χ0n) is 3.97. The summed E-state index contributed by atoms with van der Waals surface area (Å²) in [5, 5.41) is 7.83. The number of carbonyl (C=O) groups excluding carboxylic acids is 1. The Bertz CT molecular complexity index is 95.1. The van der Waals surface area contributed by atoms with E-state index in [2.05, 4.69) is 0 Å². The number of hydrogen-bond donors (Lipinski definition) is 1. The van der Waals surface area contributed by atoms with Crippen LogP contribution in [0.5, 0.6) is 0 Å². The summed E-state index contributed by atoms with van der Waals surface area (Å²) in [5.74, 6) is -2.08. The zero-order valence-corrected chi connectivity index (χ0v) is 3.97. The number of carboxylic acid groups (broad SMARTS) is 1. The number of Topliss-reactive ketones (excluding diaryl/α,β-unsaturated/α-hetero) is 1. The van der Waals surface area contributed by atoms with Crippen LogP contribution in [0.25, 0.3) is 0 Å². The van der Waals surface area contributed by atoms with Crippen LogP contribution in [-0.4, -0.2) is 16.9 Å². The molecule has 0 aliphatic rings. The largest absolute Gasteiger partial charge is 0.476 e. The van der Waals surface area contributed by atoms with E-state index < -0.39 is 11.8 Å². The van der Waals surface area contributed by atoms with Crippen LogP contribution in [-0.2, 0) is 9.59 Å². The third-order valence-corrected chi connectivity index (χ3v) is 0.560. The second-order valence-electron chi connectivity index (χ2n) is 1.08. The normalized spacial score (nSPS) is 8.14. The standard InChI is InChI=1S/C4H6O3/c1-2-3(5)4(6)7/h2H2,1H3,(H,6,7)/i1+1,2+1. The Morgan fingerprint density at radius 3 is 2.00 bits per heavy atom. The Morgan fingerprint density at radius 1 is 1.57 bits per heavy atom. The number of carboxylic acids is 1. The van der Waals surface area contributed by atoms with Crippen molar-refractivity contribution in [1.29, 1.82) is 0 Å². The van der Waals surface area contributed by atoms with Crippen molar-refractivity contribution in [3.63, 3.8) is 0 Å². The van der Waals surface area contributed by atoms with E-state index in [1.165, 1.54) is 6.92 Å². The average Bonchev–Trinajstić information content (AvgIpc) is 1.65. The Hall–Kier alpha value is -0.860. The van der Waals surface area contributed by atoms with E-state index >= 15 is 0 Å². The summed E-state index contributed by atoms with van der Waals surface area (Å²) in [4.78, 5) is 19.5. The predicted octanol–water partition coefficient (Wildman–Crippen LogP) is 0.0501. The first-order chi connectivity index (χ1) is 3.18. The van der Waals surface area contributed by atoms with Crippen LogP contribution in [0.4, 0.5) is 0 Å². The maximum absolute atomic E-state index is 9.91. The van der Waals surface area contributed by atoms with E-state index in [1.807, 2.05) is 0 Å². The second-order valence-corrected chi connectivity index (χ2v) is 1.08. The molecule has 0 aromatic heterocycles. The molecule has 40 valence electrons. The topological polar surface area (TPSA) is 54.4 Å². The van der Waals surface area contributed by atoms with E-state index in [0.29, 0.717) is 0 Å². The van der Waals surface area contributed by atoms with E-state index in [0.717, 1.165) is 0 Å². The molecule has 0 aliphatic heterocycles.